The van der Waals surface area contributed by atoms with Gasteiger partial charge in [-0.1, -0.05) is 49.7 Å². The molecule has 13 rings (SSSR count). The minimum absolute atomic E-state index is 0.0558. The molecular formula is C73H89ClN10O26. The smallest absolute Gasteiger partial charge is 0.330 e. The Kier molecular flexibility index (Phi) is 24.2. The summed E-state index contributed by atoms with van der Waals surface area (Å²) in [5.41, 5.74) is 13.5. The third-order valence-corrected chi connectivity index (χ3v) is 20.4. The fraction of sp³-hybridized carbons (Fsp3) is 0.479. The van der Waals surface area contributed by atoms with E-state index in [1.54, 1.807) is 0 Å². The molecule has 5 aromatic rings. The number of primary amides is 1. The lowest BCUT2D eigenvalue weighted by molar-refractivity contribution is -0.333. The number of rotatable bonds is 15. The fourth-order valence-corrected chi connectivity index (χ4v) is 14.4. The lowest BCUT2D eigenvalue weighted by atomic mass is 9.86. The van der Waals surface area contributed by atoms with Crippen molar-refractivity contribution >= 4 is 58.9 Å². The van der Waals surface area contributed by atoms with Crippen LogP contribution in [0.3, 0.4) is 0 Å². The van der Waals surface area contributed by atoms with E-state index in [1.807, 2.05) is 13.8 Å². The van der Waals surface area contributed by atoms with Gasteiger partial charge in [0.25, 0.3) is 0 Å². The molecule has 3 saturated heterocycles. The molecule has 7 amide bonds. The Balaban J connectivity index is 1.18. The molecule has 8 aliphatic rings. The zero-order valence-corrected chi connectivity index (χ0v) is 61.1. The SMILES string of the molecule is CN[C@@H](CC(C)C)C(=O)N[C@H]1C(=O)N[C@H](CC(N)=O)C(=O)N[C@H]2C(=O)N[C@H]3C(=O)N[C@@H](C(=O)N[C@@H](C(=O)O)c4cc(O)cc(O)c4-c4cc3ccc4O)[C@@H](O[C@H]3C[C@](C)(N)[C@H](O)[C@@H](C)O3)c3ccc(c(Cl)c3)Oc3cc2cc(c3O[C@H]2O[C@@H](CO)[C@@H](O)[C@H](O)[C@@H]2O[C@H]2C[C@](C)(N)[C@H](O)[C@@H](C)O2)Oc2ccc(cc2)[C@@H]1O. The van der Waals surface area contributed by atoms with Crippen molar-refractivity contribution in [3.8, 4) is 57.1 Å². The van der Waals surface area contributed by atoms with E-state index in [2.05, 4.69) is 37.2 Å². The Bertz CT molecular complexity index is 4350. The average molecular weight is 1560 g/mol. The Morgan fingerprint density at radius 2 is 1.27 bits per heavy atom. The molecular weight excluding hydrogens is 1470 g/mol. The van der Waals surface area contributed by atoms with Crippen LogP contribution in [0.25, 0.3) is 11.1 Å². The second kappa shape index (κ2) is 32.8. The van der Waals surface area contributed by atoms with Gasteiger partial charge in [0.15, 0.2) is 36.2 Å². The molecule has 23 N–H and O–H groups in total. The summed E-state index contributed by atoms with van der Waals surface area (Å²) >= 11 is 7.34. The number of amides is 7. The highest BCUT2D eigenvalue weighted by atomic mass is 35.5. The van der Waals surface area contributed by atoms with Crippen molar-refractivity contribution in [3.05, 3.63) is 118 Å². The zero-order chi connectivity index (χ0) is 80.0. The monoisotopic (exact) mass is 1560 g/mol. The van der Waals surface area contributed by atoms with Gasteiger partial charge < -0.3 is 143 Å². The second-order valence-electron chi connectivity index (χ2n) is 29.1. The summed E-state index contributed by atoms with van der Waals surface area (Å²) in [6.45, 7) is 8.65. The molecule has 0 radical (unpaired) electrons. The number of carbonyl (C=O) groups is 8. The van der Waals surface area contributed by atoms with E-state index >= 15 is 19.2 Å². The first-order valence-electron chi connectivity index (χ1n) is 35.2. The van der Waals surface area contributed by atoms with Gasteiger partial charge in [-0.3, -0.25) is 33.6 Å². The van der Waals surface area contributed by atoms with Crippen molar-refractivity contribution in [1.29, 1.82) is 0 Å². The molecule has 36 nitrogen and oxygen atoms in total. The summed E-state index contributed by atoms with van der Waals surface area (Å²) in [5, 5.41) is 132. The van der Waals surface area contributed by atoms with Crippen LogP contribution in [-0.4, -0.2) is 215 Å². The van der Waals surface area contributed by atoms with Crippen molar-refractivity contribution in [2.75, 3.05) is 13.7 Å². The molecule has 0 aliphatic carbocycles. The van der Waals surface area contributed by atoms with Crippen LogP contribution < -0.4 is 68.6 Å². The molecule has 0 saturated carbocycles. The van der Waals surface area contributed by atoms with Crippen LogP contribution in [-0.2, 0) is 62.0 Å². The Labute approximate surface area is 633 Å². The Hall–Kier alpha value is -9.61. The summed E-state index contributed by atoms with van der Waals surface area (Å²) in [6, 6.07) is 1.50. The van der Waals surface area contributed by atoms with Crippen LogP contribution >= 0.6 is 11.6 Å². The standard InChI is InChI=1S/C73H89ClN10O26/c1-27(2)16-39(78-7)64(95)83-54-56(90)30-8-12-35(13-9-30)105-44-19-33-20-45(60(44)110-71-61(58(92)57(91)46(26-85)107-71)109-49-25-73(6,77)63(94)29(4)104-49)106-43-15-11-32(18-38(43)74)59(108-48-24-72(5,76)62(93)28(3)103-48)55-69(100)82-53(70(101)102)37-21-34(86)22-42(88)50(37)36-17-31(10-14-41(36)87)51(66(97)84-55)81-67(98)52(33)80-65(96)40(23-47(75)89)79-68(54)99/h8-15,17-22,27-29,39-40,46,48-49,51-59,61-63,71,78,85-88,90-94H,16,23-26,76-77H2,1-7H3,(H2,75,89)(H,79,99)(H,80,96)(H,81,98)(H,82,100)(H,83,95)(H,84,97)(H,101,102)/t28-,29-,39+,40-,46+,48+,49+,51-,52-,53-,54-,55-,56+,57-,58+,59+,61+,62-,63-,71-,72+,73+/m1/s1. The molecule has 11 bridgehead atoms. The summed E-state index contributed by atoms with van der Waals surface area (Å²) < 4.78 is 51.7. The molecule has 37 heteroatoms. The number of phenols is 3. The maximum Gasteiger partial charge on any atom is 0.330 e. The first kappa shape index (κ1) is 81.4. The number of fused-ring (bicyclic) bond motifs is 15. The van der Waals surface area contributed by atoms with Gasteiger partial charge in [-0.05, 0) is 124 Å². The van der Waals surface area contributed by atoms with Gasteiger partial charge in [-0.2, -0.15) is 0 Å². The third kappa shape index (κ3) is 17.3. The van der Waals surface area contributed by atoms with E-state index in [4.69, 9.17) is 66.7 Å². The predicted octanol–water partition coefficient (Wildman–Crippen LogP) is -0.310. The number of likely N-dealkylation sites (N-methyl/N-ethyl adjacent to an activating group) is 1. The lowest BCUT2D eigenvalue weighted by Gasteiger charge is -2.47. The molecule has 0 spiro atoms. The van der Waals surface area contributed by atoms with E-state index in [0.717, 1.165) is 42.5 Å². The number of ether oxygens (including phenoxy) is 8. The summed E-state index contributed by atoms with van der Waals surface area (Å²) in [6.07, 6.45) is -22.4. The summed E-state index contributed by atoms with van der Waals surface area (Å²) in [7, 11) is 1.49. The van der Waals surface area contributed by atoms with Crippen molar-refractivity contribution in [1.82, 2.24) is 37.2 Å². The number of aliphatic hydroxyl groups excluding tert-OH is 6. The van der Waals surface area contributed by atoms with E-state index in [1.165, 1.54) is 77.2 Å². The number of carboxylic acid groups (broad SMARTS) is 1. The van der Waals surface area contributed by atoms with Crippen LogP contribution in [0, 0.1) is 5.92 Å². The molecule has 5 aromatic carbocycles. The molecule has 3 fully saturated rings. The van der Waals surface area contributed by atoms with Gasteiger partial charge in [0, 0.05) is 46.7 Å². The molecule has 0 unspecified atom stereocenters. The number of halogens is 1. The number of nitrogens with one attached hydrogen (secondary N) is 7. The predicted molar refractivity (Wildman–Crippen MR) is 381 cm³/mol. The Morgan fingerprint density at radius 1 is 0.673 bits per heavy atom. The number of carbonyl (C=O) groups excluding carboxylic acids is 7. The number of hydrogen-bond donors (Lipinski definition) is 20. The highest BCUT2D eigenvalue weighted by Gasteiger charge is 2.52. The molecule has 8 heterocycles. The van der Waals surface area contributed by atoms with Crippen LogP contribution in [0.4, 0.5) is 0 Å². The molecule has 22 atom stereocenters. The number of nitrogens with two attached hydrogens (primary N) is 3. The molecule has 0 aromatic heterocycles. The number of aliphatic hydroxyl groups is 6. The van der Waals surface area contributed by atoms with E-state index < -0.39 is 255 Å². The van der Waals surface area contributed by atoms with Crippen LogP contribution in [0.15, 0.2) is 84.9 Å². The number of benzene rings is 5. The van der Waals surface area contributed by atoms with Gasteiger partial charge in [0.1, 0.15) is 89.5 Å². The van der Waals surface area contributed by atoms with Gasteiger partial charge >= 0.3 is 5.97 Å². The minimum atomic E-state index is -2.34. The average Bonchev–Trinajstić information content (AvgIpc) is 0.766. The van der Waals surface area contributed by atoms with Crippen molar-refractivity contribution < 1.29 is 127 Å². The lowest BCUT2D eigenvalue weighted by Crippen LogP contribution is -2.64. The first-order valence-corrected chi connectivity index (χ1v) is 35.6. The van der Waals surface area contributed by atoms with Crippen LogP contribution in [0.1, 0.15) is 125 Å². The Morgan fingerprint density at radius 3 is 1.87 bits per heavy atom. The van der Waals surface area contributed by atoms with Gasteiger partial charge in [0.2, 0.25) is 53.4 Å². The normalized spacial score (nSPS) is 32.2. The molecule has 594 valence electrons. The van der Waals surface area contributed by atoms with E-state index in [0.29, 0.717) is 0 Å². The maximum atomic E-state index is 16.3. The van der Waals surface area contributed by atoms with E-state index in [-0.39, 0.29) is 53.4 Å². The number of aromatic hydroxyl groups is 3. The molecule has 110 heavy (non-hydrogen) atoms. The largest absolute Gasteiger partial charge is 0.508 e. The minimum Gasteiger partial charge on any atom is -0.508 e. The number of carboxylic acids is 1. The quantitative estimate of drug-likeness (QED) is 0.0639. The topological polar surface area (TPSA) is 575 Å². The van der Waals surface area contributed by atoms with Crippen molar-refractivity contribution in [2.24, 2.45) is 23.1 Å². The van der Waals surface area contributed by atoms with Crippen LogP contribution in [0.2, 0.25) is 5.02 Å². The number of hydrogen-bond acceptors (Lipinski definition) is 28. The second-order valence-corrected chi connectivity index (χ2v) is 29.5. The van der Waals surface area contributed by atoms with E-state index in [9.17, 15) is 70.2 Å². The van der Waals surface area contributed by atoms with Gasteiger partial charge in [0.05, 0.1) is 48.5 Å². The zero-order valence-electron chi connectivity index (χ0n) is 60.4. The van der Waals surface area contributed by atoms with Gasteiger partial charge in [-0.15, -0.1) is 0 Å². The number of phenolic OH excluding ortho intramolecular Hbond substituents is 3. The van der Waals surface area contributed by atoms with Crippen molar-refractivity contribution in [3.63, 3.8) is 0 Å². The van der Waals surface area contributed by atoms with Crippen LogP contribution in [0.5, 0.6) is 46.0 Å². The summed E-state index contributed by atoms with van der Waals surface area (Å²) in [5.74, 6) is -15.5. The van der Waals surface area contributed by atoms with Gasteiger partial charge in [-0.25, -0.2) is 4.79 Å². The number of aliphatic carboxylic acids is 1. The van der Waals surface area contributed by atoms with Crippen molar-refractivity contribution in [2.45, 2.75) is 201 Å². The maximum absolute atomic E-state index is 16.3. The highest BCUT2D eigenvalue weighted by molar-refractivity contribution is 6.32. The summed E-state index contributed by atoms with van der Waals surface area (Å²) in [4.78, 5) is 120. The third-order valence-electron chi connectivity index (χ3n) is 20.1. The highest BCUT2D eigenvalue weighted by Crippen LogP contribution is 2.50. The fourth-order valence-electron chi connectivity index (χ4n) is 14.2. The first-order chi connectivity index (χ1) is 51.8. The molecule has 8 aliphatic heterocycles.